The fraction of sp³-hybridized carbons (Fsp3) is 0.375. The number of hydrogen-bond donors (Lipinski definition) is 2. The molecule has 2 N–H and O–H groups in total. The van der Waals surface area contributed by atoms with Gasteiger partial charge in [-0.3, -0.25) is 0 Å². The number of rotatable bonds is 7. The molecule has 0 bridgehead atoms. The standard InChI is InChI=1S/C16H20Cl2N4/c1-11(2)10-21-16-20-8-6-15(22-16)19-7-5-12-3-4-13(17)9-14(12)18/h3-4,6,8-9,11H,5,7,10H2,1-2H3,(H2,19,20,21,22). The number of hydrogen-bond acceptors (Lipinski definition) is 4. The van der Waals surface area contributed by atoms with Crippen LogP contribution in [0, 0.1) is 5.92 Å². The van der Waals surface area contributed by atoms with Crippen molar-refractivity contribution in [1.82, 2.24) is 9.97 Å². The minimum atomic E-state index is 0.548. The van der Waals surface area contributed by atoms with E-state index >= 15 is 0 Å². The van der Waals surface area contributed by atoms with Crippen molar-refractivity contribution in [3.63, 3.8) is 0 Å². The summed E-state index contributed by atoms with van der Waals surface area (Å²) in [7, 11) is 0. The van der Waals surface area contributed by atoms with Crippen LogP contribution in [0.2, 0.25) is 10.0 Å². The van der Waals surface area contributed by atoms with Crippen LogP contribution in [-0.2, 0) is 6.42 Å². The SMILES string of the molecule is CC(C)CNc1nccc(NCCc2ccc(Cl)cc2Cl)n1. The molecule has 0 aliphatic carbocycles. The highest BCUT2D eigenvalue weighted by Gasteiger charge is 2.03. The maximum Gasteiger partial charge on any atom is 0.224 e. The lowest BCUT2D eigenvalue weighted by molar-refractivity contribution is 0.684. The zero-order valence-corrected chi connectivity index (χ0v) is 14.2. The van der Waals surface area contributed by atoms with Gasteiger partial charge in [0.2, 0.25) is 5.95 Å². The molecule has 118 valence electrons. The Balaban J connectivity index is 1.87. The van der Waals surface area contributed by atoms with Crippen LogP contribution in [0.3, 0.4) is 0 Å². The molecule has 0 aliphatic heterocycles. The van der Waals surface area contributed by atoms with Crippen LogP contribution in [0.5, 0.6) is 0 Å². The molecule has 0 amide bonds. The first-order valence-corrected chi connectivity index (χ1v) is 8.05. The van der Waals surface area contributed by atoms with Crippen LogP contribution < -0.4 is 10.6 Å². The average Bonchev–Trinajstić information content (AvgIpc) is 2.48. The smallest absolute Gasteiger partial charge is 0.224 e. The fourth-order valence-corrected chi connectivity index (χ4v) is 2.39. The van der Waals surface area contributed by atoms with E-state index in [0.717, 1.165) is 30.9 Å². The molecule has 0 radical (unpaired) electrons. The first kappa shape index (κ1) is 16.8. The molecule has 0 atom stereocenters. The van der Waals surface area contributed by atoms with Gasteiger partial charge in [-0.25, -0.2) is 4.98 Å². The summed E-state index contributed by atoms with van der Waals surface area (Å²) in [6.07, 6.45) is 2.54. The molecule has 0 spiro atoms. The second-order valence-electron chi connectivity index (χ2n) is 5.45. The van der Waals surface area contributed by atoms with Crippen molar-refractivity contribution in [2.75, 3.05) is 23.7 Å². The van der Waals surface area contributed by atoms with Gasteiger partial charge in [0, 0.05) is 29.3 Å². The third kappa shape index (κ3) is 5.35. The average molecular weight is 339 g/mol. The Morgan fingerprint density at radius 3 is 2.68 bits per heavy atom. The minimum Gasteiger partial charge on any atom is -0.370 e. The molecule has 22 heavy (non-hydrogen) atoms. The maximum absolute atomic E-state index is 6.16. The number of benzene rings is 1. The summed E-state index contributed by atoms with van der Waals surface area (Å²) in [6.45, 7) is 5.88. The molecule has 4 nitrogen and oxygen atoms in total. The van der Waals surface area contributed by atoms with Gasteiger partial charge in [0.05, 0.1) is 0 Å². The zero-order valence-electron chi connectivity index (χ0n) is 12.7. The van der Waals surface area contributed by atoms with Gasteiger partial charge in [0.15, 0.2) is 0 Å². The van der Waals surface area contributed by atoms with Gasteiger partial charge in [0.25, 0.3) is 0 Å². The molecular weight excluding hydrogens is 319 g/mol. The third-order valence-electron chi connectivity index (χ3n) is 3.04. The molecule has 0 saturated carbocycles. The Morgan fingerprint density at radius 1 is 1.14 bits per heavy atom. The van der Waals surface area contributed by atoms with E-state index in [4.69, 9.17) is 23.2 Å². The van der Waals surface area contributed by atoms with Crippen molar-refractivity contribution in [3.05, 3.63) is 46.1 Å². The molecule has 2 rings (SSSR count). The van der Waals surface area contributed by atoms with Crippen molar-refractivity contribution in [3.8, 4) is 0 Å². The van der Waals surface area contributed by atoms with Crippen molar-refractivity contribution in [2.24, 2.45) is 5.92 Å². The Hall–Kier alpha value is -1.52. The van der Waals surface area contributed by atoms with E-state index in [2.05, 4.69) is 34.4 Å². The summed E-state index contributed by atoms with van der Waals surface area (Å²) < 4.78 is 0. The fourth-order valence-electron chi connectivity index (χ4n) is 1.89. The summed E-state index contributed by atoms with van der Waals surface area (Å²) in [5.41, 5.74) is 1.06. The summed E-state index contributed by atoms with van der Waals surface area (Å²) in [6, 6.07) is 7.41. The number of nitrogens with one attached hydrogen (secondary N) is 2. The Kier molecular flexibility index (Phi) is 6.28. The maximum atomic E-state index is 6.16. The summed E-state index contributed by atoms with van der Waals surface area (Å²) in [4.78, 5) is 8.63. The van der Waals surface area contributed by atoms with Crippen molar-refractivity contribution >= 4 is 35.0 Å². The van der Waals surface area contributed by atoms with E-state index in [1.807, 2.05) is 18.2 Å². The van der Waals surface area contributed by atoms with Crippen LogP contribution in [0.25, 0.3) is 0 Å². The predicted octanol–water partition coefficient (Wildman–Crippen LogP) is 4.51. The van der Waals surface area contributed by atoms with Gasteiger partial charge in [-0.05, 0) is 36.1 Å². The first-order valence-electron chi connectivity index (χ1n) is 7.29. The summed E-state index contributed by atoms with van der Waals surface area (Å²) in [5, 5.41) is 7.83. The van der Waals surface area contributed by atoms with Crippen molar-refractivity contribution in [1.29, 1.82) is 0 Å². The van der Waals surface area contributed by atoms with Gasteiger partial charge >= 0.3 is 0 Å². The zero-order chi connectivity index (χ0) is 15.9. The molecule has 0 aliphatic rings. The van der Waals surface area contributed by atoms with Crippen molar-refractivity contribution in [2.45, 2.75) is 20.3 Å². The van der Waals surface area contributed by atoms with E-state index in [0.29, 0.717) is 21.9 Å². The van der Waals surface area contributed by atoms with Gasteiger partial charge in [-0.15, -0.1) is 0 Å². The lowest BCUT2D eigenvalue weighted by Crippen LogP contribution is -2.12. The highest BCUT2D eigenvalue weighted by atomic mass is 35.5. The summed E-state index contributed by atoms with van der Waals surface area (Å²) in [5.74, 6) is 1.99. The topological polar surface area (TPSA) is 49.8 Å². The van der Waals surface area contributed by atoms with Crippen LogP contribution >= 0.6 is 23.2 Å². The lowest BCUT2D eigenvalue weighted by Gasteiger charge is -2.10. The highest BCUT2D eigenvalue weighted by Crippen LogP contribution is 2.21. The Morgan fingerprint density at radius 2 is 1.95 bits per heavy atom. The van der Waals surface area contributed by atoms with E-state index in [-0.39, 0.29) is 0 Å². The van der Waals surface area contributed by atoms with Crippen LogP contribution in [0.4, 0.5) is 11.8 Å². The van der Waals surface area contributed by atoms with Gasteiger partial charge in [0.1, 0.15) is 5.82 Å². The first-order chi connectivity index (χ1) is 10.5. The Bertz CT molecular complexity index is 617. The molecule has 2 aromatic rings. The third-order valence-corrected chi connectivity index (χ3v) is 3.63. The number of halogens is 2. The minimum absolute atomic E-state index is 0.548. The van der Waals surface area contributed by atoms with E-state index in [9.17, 15) is 0 Å². The van der Waals surface area contributed by atoms with Crippen LogP contribution in [-0.4, -0.2) is 23.1 Å². The highest BCUT2D eigenvalue weighted by molar-refractivity contribution is 6.35. The second-order valence-corrected chi connectivity index (χ2v) is 6.30. The van der Waals surface area contributed by atoms with Gasteiger partial charge in [-0.1, -0.05) is 43.1 Å². The van der Waals surface area contributed by atoms with E-state index in [1.165, 1.54) is 0 Å². The van der Waals surface area contributed by atoms with Gasteiger partial charge in [-0.2, -0.15) is 4.98 Å². The van der Waals surface area contributed by atoms with E-state index in [1.54, 1.807) is 12.3 Å². The summed E-state index contributed by atoms with van der Waals surface area (Å²) >= 11 is 12.1. The normalized spacial score (nSPS) is 10.8. The molecule has 1 aromatic carbocycles. The number of nitrogens with zero attached hydrogens (tertiary/aromatic N) is 2. The monoisotopic (exact) mass is 338 g/mol. The predicted molar refractivity (Wildman–Crippen MR) is 94.0 cm³/mol. The van der Waals surface area contributed by atoms with Gasteiger partial charge < -0.3 is 10.6 Å². The number of aromatic nitrogens is 2. The molecule has 1 aromatic heterocycles. The molecule has 1 heterocycles. The molecule has 6 heteroatoms. The second kappa shape index (κ2) is 8.20. The molecule has 0 saturated heterocycles. The number of anilines is 2. The lowest BCUT2D eigenvalue weighted by atomic mass is 10.1. The van der Waals surface area contributed by atoms with Crippen molar-refractivity contribution < 1.29 is 0 Å². The quantitative estimate of drug-likeness (QED) is 0.779. The molecule has 0 fully saturated rings. The molecular formula is C16H20Cl2N4. The van der Waals surface area contributed by atoms with Crippen LogP contribution in [0.15, 0.2) is 30.5 Å². The largest absolute Gasteiger partial charge is 0.370 e. The van der Waals surface area contributed by atoms with Crippen LogP contribution in [0.1, 0.15) is 19.4 Å². The van der Waals surface area contributed by atoms with E-state index < -0.39 is 0 Å². The Labute approximate surface area is 141 Å². The molecule has 0 unspecified atom stereocenters.